The third-order valence-corrected chi connectivity index (χ3v) is 4.29. The van der Waals surface area contributed by atoms with Gasteiger partial charge in [0, 0.05) is 24.7 Å². The second-order valence-corrected chi connectivity index (χ2v) is 6.11. The molecule has 0 bridgehead atoms. The van der Waals surface area contributed by atoms with Crippen molar-refractivity contribution in [3.8, 4) is 11.3 Å². The summed E-state index contributed by atoms with van der Waals surface area (Å²) in [5.74, 6) is 0.00964. The van der Waals surface area contributed by atoms with Crippen molar-refractivity contribution in [2.45, 2.75) is 32.7 Å². The fourth-order valence-corrected chi connectivity index (χ4v) is 2.94. The van der Waals surface area contributed by atoms with E-state index in [-0.39, 0.29) is 11.9 Å². The lowest BCUT2D eigenvalue weighted by molar-refractivity contribution is 0.0709. The molecule has 0 radical (unpaired) electrons. The zero-order chi connectivity index (χ0) is 15.7. The molecular formula is C17H22N4O. The van der Waals surface area contributed by atoms with Crippen LogP contribution in [0.1, 0.15) is 34.5 Å². The standard InChI is InChI=1S/C17H22N4O/c1-11-3-4-14(12(2)9-11)15-10-16(20-19-15)17(22)21-7-5-13(18)6-8-21/h3-4,9-10,13H,5-8,18H2,1-2H3,(H,19,20). The summed E-state index contributed by atoms with van der Waals surface area (Å²) < 4.78 is 0. The first-order chi connectivity index (χ1) is 10.5. The molecule has 0 aliphatic carbocycles. The Morgan fingerprint density at radius 1 is 1.27 bits per heavy atom. The van der Waals surface area contributed by atoms with Crippen LogP contribution in [-0.2, 0) is 0 Å². The maximum atomic E-state index is 12.5. The molecular weight excluding hydrogens is 276 g/mol. The topological polar surface area (TPSA) is 75.0 Å². The molecule has 1 aromatic heterocycles. The van der Waals surface area contributed by atoms with Gasteiger partial charge in [-0.25, -0.2) is 0 Å². The average molecular weight is 298 g/mol. The second-order valence-electron chi connectivity index (χ2n) is 6.11. The number of carbonyl (C=O) groups is 1. The summed E-state index contributed by atoms with van der Waals surface area (Å²) in [5, 5.41) is 7.19. The van der Waals surface area contributed by atoms with Gasteiger partial charge in [0.25, 0.3) is 5.91 Å². The van der Waals surface area contributed by atoms with Gasteiger partial charge in [-0.2, -0.15) is 5.10 Å². The zero-order valence-corrected chi connectivity index (χ0v) is 13.1. The number of carbonyl (C=O) groups excluding carboxylic acids is 1. The van der Waals surface area contributed by atoms with Crippen LogP contribution in [0.5, 0.6) is 0 Å². The van der Waals surface area contributed by atoms with Crippen LogP contribution in [0, 0.1) is 13.8 Å². The van der Waals surface area contributed by atoms with Crippen LogP contribution in [0.2, 0.25) is 0 Å². The Labute approximate surface area is 130 Å². The molecule has 0 saturated carbocycles. The average Bonchev–Trinajstić information content (AvgIpc) is 2.97. The van der Waals surface area contributed by atoms with Crippen molar-refractivity contribution in [1.29, 1.82) is 0 Å². The molecule has 116 valence electrons. The van der Waals surface area contributed by atoms with Crippen molar-refractivity contribution < 1.29 is 4.79 Å². The van der Waals surface area contributed by atoms with Crippen LogP contribution in [-0.4, -0.2) is 40.1 Å². The van der Waals surface area contributed by atoms with Gasteiger partial charge in [-0.1, -0.05) is 23.8 Å². The largest absolute Gasteiger partial charge is 0.337 e. The molecule has 2 aromatic rings. The van der Waals surface area contributed by atoms with Crippen LogP contribution in [0.15, 0.2) is 24.3 Å². The SMILES string of the molecule is Cc1ccc(-c2cc(C(=O)N3CCC(N)CC3)[nH]n2)c(C)c1. The predicted octanol–water partition coefficient (Wildman–Crippen LogP) is 2.26. The number of nitrogens with two attached hydrogens (primary N) is 1. The number of benzene rings is 1. The van der Waals surface area contributed by atoms with Crippen molar-refractivity contribution in [3.63, 3.8) is 0 Å². The molecule has 1 saturated heterocycles. The van der Waals surface area contributed by atoms with Crippen molar-refractivity contribution >= 4 is 5.91 Å². The Balaban J connectivity index is 1.80. The molecule has 5 heteroatoms. The van der Waals surface area contributed by atoms with Crippen molar-refractivity contribution in [2.75, 3.05) is 13.1 Å². The van der Waals surface area contributed by atoms with Crippen LogP contribution in [0.25, 0.3) is 11.3 Å². The zero-order valence-electron chi connectivity index (χ0n) is 13.1. The fraction of sp³-hybridized carbons (Fsp3) is 0.412. The van der Waals surface area contributed by atoms with Gasteiger partial charge < -0.3 is 10.6 Å². The highest BCUT2D eigenvalue weighted by atomic mass is 16.2. The lowest BCUT2D eigenvalue weighted by Gasteiger charge is -2.29. The van der Waals surface area contributed by atoms with Crippen LogP contribution >= 0.6 is 0 Å². The lowest BCUT2D eigenvalue weighted by Crippen LogP contribution is -2.42. The van der Waals surface area contributed by atoms with E-state index in [4.69, 9.17) is 5.73 Å². The molecule has 22 heavy (non-hydrogen) atoms. The monoisotopic (exact) mass is 298 g/mol. The number of piperidine rings is 1. The Hall–Kier alpha value is -2.14. The number of aromatic nitrogens is 2. The number of amides is 1. The van der Waals surface area contributed by atoms with Crippen molar-refractivity contribution in [2.24, 2.45) is 5.73 Å². The molecule has 1 aliphatic rings. The minimum Gasteiger partial charge on any atom is -0.337 e. The summed E-state index contributed by atoms with van der Waals surface area (Å²) >= 11 is 0. The Kier molecular flexibility index (Phi) is 3.98. The smallest absolute Gasteiger partial charge is 0.271 e. The van der Waals surface area contributed by atoms with Crippen molar-refractivity contribution in [3.05, 3.63) is 41.1 Å². The van der Waals surface area contributed by atoms with Gasteiger partial charge in [0.15, 0.2) is 0 Å². The third-order valence-electron chi connectivity index (χ3n) is 4.29. The van der Waals surface area contributed by atoms with E-state index in [0.717, 1.165) is 42.8 Å². The maximum Gasteiger partial charge on any atom is 0.271 e. The lowest BCUT2D eigenvalue weighted by atomic mass is 10.0. The first-order valence-corrected chi connectivity index (χ1v) is 7.72. The number of H-pyrrole nitrogens is 1. The summed E-state index contributed by atoms with van der Waals surface area (Å²) in [7, 11) is 0. The van der Waals surface area contributed by atoms with Gasteiger partial charge in [-0.15, -0.1) is 0 Å². The number of aryl methyl sites for hydroxylation is 2. The van der Waals surface area contributed by atoms with Gasteiger partial charge in [-0.05, 0) is 38.3 Å². The van der Waals surface area contributed by atoms with E-state index >= 15 is 0 Å². The first kappa shape index (κ1) is 14.8. The Morgan fingerprint density at radius 2 is 2.00 bits per heavy atom. The summed E-state index contributed by atoms with van der Waals surface area (Å²) in [4.78, 5) is 14.4. The van der Waals surface area contributed by atoms with E-state index in [1.807, 2.05) is 11.0 Å². The number of rotatable bonds is 2. The highest BCUT2D eigenvalue weighted by Crippen LogP contribution is 2.23. The number of hydrogen-bond acceptors (Lipinski definition) is 3. The van der Waals surface area contributed by atoms with E-state index in [0.29, 0.717) is 5.69 Å². The number of aromatic amines is 1. The van der Waals surface area contributed by atoms with Crippen LogP contribution < -0.4 is 5.73 Å². The van der Waals surface area contributed by atoms with Crippen LogP contribution in [0.4, 0.5) is 0 Å². The van der Waals surface area contributed by atoms with Crippen molar-refractivity contribution in [1.82, 2.24) is 15.1 Å². The van der Waals surface area contributed by atoms with Gasteiger partial charge >= 0.3 is 0 Å². The molecule has 3 N–H and O–H groups in total. The fourth-order valence-electron chi connectivity index (χ4n) is 2.94. The summed E-state index contributed by atoms with van der Waals surface area (Å²) in [6, 6.07) is 8.29. The molecule has 2 heterocycles. The first-order valence-electron chi connectivity index (χ1n) is 7.72. The Bertz CT molecular complexity index is 684. The van der Waals surface area contributed by atoms with E-state index < -0.39 is 0 Å². The van der Waals surface area contributed by atoms with Gasteiger partial charge in [0.05, 0.1) is 5.69 Å². The van der Waals surface area contributed by atoms with E-state index in [2.05, 4.69) is 42.2 Å². The molecule has 1 aromatic carbocycles. The Morgan fingerprint density at radius 3 is 2.68 bits per heavy atom. The van der Waals surface area contributed by atoms with E-state index in [9.17, 15) is 4.79 Å². The molecule has 0 spiro atoms. The minimum atomic E-state index is 0.00964. The number of likely N-dealkylation sites (tertiary alicyclic amines) is 1. The maximum absolute atomic E-state index is 12.5. The van der Waals surface area contributed by atoms with Gasteiger partial charge in [-0.3, -0.25) is 9.89 Å². The van der Waals surface area contributed by atoms with Crippen LogP contribution in [0.3, 0.4) is 0 Å². The molecule has 0 unspecified atom stereocenters. The van der Waals surface area contributed by atoms with Gasteiger partial charge in [0.1, 0.15) is 5.69 Å². The normalized spacial score (nSPS) is 16.0. The van der Waals surface area contributed by atoms with Gasteiger partial charge in [0.2, 0.25) is 0 Å². The number of nitrogens with one attached hydrogen (secondary N) is 1. The quantitative estimate of drug-likeness (QED) is 0.893. The highest BCUT2D eigenvalue weighted by molar-refractivity contribution is 5.93. The third kappa shape index (κ3) is 2.90. The number of hydrogen-bond donors (Lipinski definition) is 2. The predicted molar refractivity (Wildman–Crippen MR) is 86.6 cm³/mol. The van der Waals surface area contributed by atoms with E-state index in [1.165, 1.54) is 5.56 Å². The molecule has 1 aliphatic heterocycles. The molecule has 5 nitrogen and oxygen atoms in total. The number of nitrogens with zero attached hydrogens (tertiary/aromatic N) is 2. The summed E-state index contributed by atoms with van der Waals surface area (Å²) in [5.41, 5.74) is 10.7. The molecule has 0 atom stereocenters. The summed E-state index contributed by atoms with van der Waals surface area (Å²) in [6.45, 7) is 5.57. The van der Waals surface area contributed by atoms with E-state index in [1.54, 1.807) is 0 Å². The highest BCUT2D eigenvalue weighted by Gasteiger charge is 2.23. The molecule has 1 amide bonds. The molecule has 1 fully saturated rings. The summed E-state index contributed by atoms with van der Waals surface area (Å²) in [6.07, 6.45) is 1.73. The minimum absolute atomic E-state index is 0.00964. The molecule has 3 rings (SSSR count). The second kappa shape index (κ2) is 5.93.